The summed E-state index contributed by atoms with van der Waals surface area (Å²) in [6, 6.07) is 7.84. The monoisotopic (exact) mass is 421 g/mol. The van der Waals surface area contributed by atoms with E-state index in [9.17, 15) is 33.5 Å². The van der Waals surface area contributed by atoms with Crippen LogP contribution in [0.5, 0.6) is 11.5 Å². The van der Waals surface area contributed by atoms with E-state index >= 15 is 0 Å². The molecule has 0 spiro atoms. The Kier molecular flexibility index (Phi) is 5.71. The van der Waals surface area contributed by atoms with E-state index in [0.717, 1.165) is 18.2 Å². The van der Waals surface area contributed by atoms with Gasteiger partial charge in [0.05, 0.1) is 9.82 Å². The lowest BCUT2D eigenvalue weighted by molar-refractivity contribution is -0.384. The van der Waals surface area contributed by atoms with E-state index in [2.05, 4.69) is 4.72 Å². The summed E-state index contributed by atoms with van der Waals surface area (Å²) in [4.78, 5) is 24.0. The number of phenolic OH excluding ortho intramolecular Hbond substituents is 2. The van der Waals surface area contributed by atoms with Gasteiger partial charge in [-0.2, -0.15) is 0 Å². The molecule has 3 rings (SSSR count). The van der Waals surface area contributed by atoms with Gasteiger partial charge in [-0.25, -0.2) is 13.1 Å². The van der Waals surface area contributed by atoms with Gasteiger partial charge in [-0.05, 0) is 37.1 Å². The molecule has 1 heterocycles. The fraction of sp³-hybridized carbons (Fsp3) is 0.278. The summed E-state index contributed by atoms with van der Waals surface area (Å²) in [5, 5.41) is 29.7. The van der Waals surface area contributed by atoms with Gasteiger partial charge in [0.1, 0.15) is 11.5 Å². The highest BCUT2D eigenvalue weighted by Crippen LogP contribution is 2.23. The maximum atomic E-state index is 12.5. The number of carbonyl (C=O) groups excluding carboxylic acids is 1. The standard InChI is InChI=1S/C18H19N3O7S/c22-15-9-12(10-16(23)11-15)18(24)20-7-5-13(6-8-20)19-29(27,28)17-3-1-14(2-4-17)21(25)26/h1-4,9-11,13,19,22-23H,5-8H2. The molecule has 0 unspecified atom stereocenters. The number of benzene rings is 2. The molecule has 11 heteroatoms. The summed E-state index contributed by atoms with van der Waals surface area (Å²) in [7, 11) is -3.85. The van der Waals surface area contributed by atoms with Crippen LogP contribution >= 0.6 is 0 Å². The Morgan fingerprint density at radius 3 is 2.14 bits per heavy atom. The minimum atomic E-state index is -3.85. The Labute approximate surface area is 166 Å². The number of carbonyl (C=O) groups is 1. The van der Waals surface area contributed by atoms with Crippen molar-refractivity contribution >= 4 is 21.6 Å². The second kappa shape index (κ2) is 8.05. The van der Waals surface area contributed by atoms with Gasteiger partial charge in [0.2, 0.25) is 10.0 Å². The van der Waals surface area contributed by atoms with Crippen molar-refractivity contribution in [3.63, 3.8) is 0 Å². The van der Waals surface area contributed by atoms with E-state index in [4.69, 9.17) is 0 Å². The number of rotatable bonds is 5. The molecule has 0 aliphatic carbocycles. The van der Waals surface area contributed by atoms with Gasteiger partial charge < -0.3 is 15.1 Å². The van der Waals surface area contributed by atoms with Crippen molar-refractivity contribution in [2.45, 2.75) is 23.8 Å². The molecular weight excluding hydrogens is 402 g/mol. The number of piperidine rings is 1. The number of hydrogen-bond acceptors (Lipinski definition) is 7. The lowest BCUT2D eigenvalue weighted by Crippen LogP contribution is -2.46. The molecule has 0 radical (unpaired) electrons. The molecule has 1 saturated heterocycles. The number of aromatic hydroxyl groups is 2. The Morgan fingerprint density at radius 2 is 1.62 bits per heavy atom. The predicted molar refractivity (Wildman–Crippen MR) is 102 cm³/mol. The largest absolute Gasteiger partial charge is 0.508 e. The zero-order valence-electron chi connectivity index (χ0n) is 15.2. The van der Waals surface area contributed by atoms with Crippen molar-refractivity contribution in [2.75, 3.05) is 13.1 Å². The molecule has 0 bridgehead atoms. The van der Waals surface area contributed by atoms with E-state index in [1.54, 1.807) is 0 Å². The van der Waals surface area contributed by atoms with Crippen LogP contribution in [0.25, 0.3) is 0 Å². The van der Waals surface area contributed by atoms with Crippen molar-refractivity contribution in [2.24, 2.45) is 0 Å². The van der Waals surface area contributed by atoms with E-state index < -0.39 is 21.0 Å². The first kappa shape index (κ1) is 20.6. The third-order valence-corrected chi connectivity index (χ3v) is 6.15. The number of hydrogen-bond donors (Lipinski definition) is 3. The van der Waals surface area contributed by atoms with Crippen LogP contribution in [0.4, 0.5) is 5.69 Å². The number of likely N-dealkylation sites (tertiary alicyclic amines) is 1. The van der Waals surface area contributed by atoms with Crippen molar-refractivity contribution in [3.8, 4) is 11.5 Å². The van der Waals surface area contributed by atoms with Gasteiger partial charge >= 0.3 is 0 Å². The first-order valence-electron chi connectivity index (χ1n) is 8.75. The summed E-state index contributed by atoms with van der Waals surface area (Å²) in [6.07, 6.45) is 0.755. The number of amides is 1. The summed E-state index contributed by atoms with van der Waals surface area (Å²) < 4.78 is 27.5. The third kappa shape index (κ3) is 4.81. The normalized spacial score (nSPS) is 15.2. The van der Waals surface area contributed by atoms with Crippen molar-refractivity contribution in [1.82, 2.24) is 9.62 Å². The molecule has 29 heavy (non-hydrogen) atoms. The molecule has 10 nitrogen and oxygen atoms in total. The topological polar surface area (TPSA) is 150 Å². The summed E-state index contributed by atoms with van der Waals surface area (Å²) in [6.45, 7) is 0.589. The highest BCUT2D eigenvalue weighted by atomic mass is 32.2. The van der Waals surface area contributed by atoms with E-state index in [-0.39, 0.29) is 33.6 Å². The van der Waals surface area contributed by atoms with Gasteiger partial charge in [0, 0.05) is 42.9 Å². The molecule has 0 atom stereocenters. The van der Waals surface area contributed by atoms with E-state index in [1.807, 2.05) is 0 Å². The molecule has 1 aliphatic heterocycles. The molecule has 0 aromatic heterocycles. The fourth-order valence-electron chi connectivity index (χ4n) is 3.14. The number of nitrogens with one attached hydrogen (secondary N) is 1. The zero-order chi connectivity index (χ0) is 21.2. The van der Waals surface area contributed by atoms with Crippen molar-refractivity contribution in [1.29, 1.82) is 0 Å². The maximum Gasteiger partial charge on any atom is 0.269 e. The molecule has 1 amide bonds. The lowest BCUT2D eigenvalue weighted by Gasteiger charge is -2.32. The Morgan fingerprint density at radius 1 is 1.07 bits per heavy atom. The van der Waals surface area contributed by atoms with E-state index in [1.165, 1.54) is 29.2 Å². The van der Waals surface area contributed by atoms with E-state index in [0.29, 0.717) is 25.9 Å². The Balaban J connectivity index is 1.61. The molecule has 3 N–H and O–H groups in total. The predicted octanol–water partition coefficient (Wildman–Crippen LogP) is 1.59. The van der Waals surface area contributed by atoms with Crippen LogP contribution in [0.3, 0.4) is 0 Å². The SMILES string of the molecule is O=C(c1cc(O)cc(O)c1)N1CCC(NS(=O)(=O)c2ccc([N+](=O)[O-])cc2)CC1. The summed E-state index contributed by atoms with van der Waals surface area (Å²) >= 11 is 0. The second-order valence-electron chi connectivity index (χ2n) is 6.68. The number of nitrogens with zero attached hydrogens (tertiary/aromatic N) is 2. The zero-order valence-corrected chi connectivity index (χ0v) is 16.0. The van der Waals surface area contributed by atoms with Gasteiger partial charge in [-0.1, -0.05) is 0 Å². The minimum absolute atomic E-state index is 0.0724. The molecule has 1 fully saturated rings. The summed E-state index contributed by atoms with van der Waals surface area (Å²) in [5.41, 5.74) is -0.0545. The van der Waals surface area contributed by atoms with Crippen LogP contribution in [0.15, 0.2) is 47.4 Å². The van der Waals surface area contributed by atoms with Crippen LogP contribution < -0.4 is 4.72 Å². The third-order valence-electron chi connectivity index (χ3n) is 4.61. The first-order valence-corrected chi connectivity index (χ1v) is 10.2. The molecule has 154 valence electrons. The molecule has 2 aromatic rings. The minimum Gasteiger partial charge on any atom is -0.508 e. The first-order chi connectivity index (χ1) is 13.7. The number of nitro groups is 1. The summed E-state index contributed by atoms with van der Waals surface area (Å²) in [5.74, 6) is -0.814. The maximum absolute atomic E-state index is 12.5. The molecule has 2 aromatic carbocycles. The quantitative estimate of drug-likeness (QED) is 0.490. The highest BCUT2D eigenvalue weighted by Gasteiger charge is 2.27. The molecule has 0 saturated carbocycles. The van der Waals surface area contributed by atoms with Crippen molar-refractivity contribution in [3.05, 3.63) is 58.1 Å². The second-order valence-corrected chi connectivity index (χ2v) is 8.39. The molecule has 1 aliphatic rings. The smallest absolute Gasteiger partial charge is 0.269 e. The average molecular weight is 421 g/mol. The number of nitro benzene ring substituents is 1. The lowest BCUT2D eigenvalue weighted by atomic mass is 10.0. The van der Waals surface area contributed by atoms with Crippen LogP contribution in [0.1, 0.15) is 23.2 Å². The van der Waals surface area contributed by atoms with Crippen LogP contribution in [0, 0.1) is 10.1 Å². The van der Waals surface area contributed by atoms with Crippen LogP contribution in [-0.2, 0) is 10.0 Å². The van der Waals surface area contributed by atoms with Crippen molar-refractivity contribution < 1.29 is 28.3 Å². The molecular formula is C18H19N3O7S. The number of non-ortho nitro benzene ring substituents is 1. The number of phenols is 2. The van der Waals surface area contributed by atoms with Crippen LogP contribution in [0.2, 0.25) is 0 Å². The number of sulfonamides is 1. The Hall–Kier alpha value is -3.18. The highest BCUT2D eigenvalue weighted by molar-refractivity contribution is 7.89. The van der Waals surface area contributed by atoms with Gasteiger partial charge in [-0.15, -0.1) is 0 Å². The Bertz CT molecular complexity index is 1010. The van der Waals surface area contributed by atoms with Crippen LogP contribution in [-0.4, -0.2) is 53.5 Å². The van der Waals surface area contributed by atoms with Gasteiger partial charge in [-0.3, -0.25) is 14.9 Å². The fourth-order valence-corrected chi connectivity index (χ4v) is 4.44. The average Bonchev–Trinajstić information content (AvgIpc) is 2.67. The van der Waals surface area contributed by atoms with Gasteiger partial charge in [0.15, 0.2) is 0 Å². The van der Waals surface area contributed by atoms with Gasteiger partial charge in [0.25, 0.3) is 11.6 Å².